The van der Waals surface area contributed by atoms with Crippen LogP contribution in [0.4, 0.5) is 10.5 Å². The van der Waals surface area contributed by atoms with E-state index in [1.807, 2.05) is 38.1 Å². The van der Waals surface area contributed by atoms with E-state index in [9.17, 15) is 9.90 Å². The van der Waals surface area contributed by atoms with Crippen LogP contribution in [0.1, 0.15) is 32.8 Å². The standard InChI is InChI=1S/C16H26N2O2S/c1-12(19)9-16(2,3)11-17-15(20)18-14-7-5-13(6-8-14)10-21-4/h5-8,12,19H,9-11H2,1-4H3,(H2,17,18,20). The molecule has 5 heteroatoms. The van der Waals surface area contributed by atoms with E-state index in [1.54, 1.807) is 18.7 Å². The fraction of sp³-hybridized carbons (Fsp3) is 0.562. The molecule has 1 aromatic carbocycles. The quantitative estimate of drug-likeness (QED) is 0.722. The average molecular weight is 310 g/mol. The summed E-state index contributed by atoms with van der Waals surface area (Å²) < 4.78 is 0. The number of amides is 2. The Morgan fingerprint density at radius 3 is 2.48 bits per heavy atom. The van der Waals surface area contributed by atoms with Gasteiger partial charge in [0, 0.05) is 18.0 Å². The maximum Gasteiger partial charge on any atom is 0.319 e. The van der Waals surface area contributed by atoms with Crippen molar-refractivity contribution in [3.05, 3.63) is 29.8 Å². The number of hydrogen-bond acceptors (Lipinski definition) is 3. The molecule has 0 heterocycles. The van der Waals surface area contributed by atoms with Crippen molar-refractivity contribution in [3.8, 4) is 0 Å². The number of rotatable bonds is 7. The van der Waals surface area contributed by atoms with Crippen LogP contribution in [0.3, 0.4) is 0 Å². The molecule has 0 aliphatic carbocycles. The van der Waals surface area contributed by atoms with Gasteiger partial charge in [-0.2, -0.15) is 11.8 Å². The van der Waals surface area contributed by atoms with Crippen molar-refractivity contribution < 1.29 is 9.90 Å². The molecule has 0 aromatic heterocycles. The number of aliphatic hydroxyl groups excluding tert-OH is 1. The zero-order chi connectivity index (χ0) is 15.9. The van der Waals surface area contributed by atoms with Crippen LogP contribution in [0.5, 0.6) is 0 Å². The van der Waals surface area contributed by atoms with Crippen LogP contribution >= 0.6 is 11.8 Å². The number of benzene rings is 1. The van der Waals surface area contributed by atoms with E-state index in [4.69, 9.17) is 0 Å². The minimum absolute atomic E-state index is 0.131. The number of urea groups is 1. The summed E-state index contributed by atoms with van der Waals surface area (Å²) in [5, 5.41) is 15.1. The lowest BCUT2D eigenvalue weighted by Crippen LogP contribution is -2.38. The zero-order valence-corrected chi connectivity index (χ0v) is 14.1. The van der Waals surface area contributed by atoms with E-state index in [1.165, 1.54) is 5.56 Å². The Morgan fingerprint density at radius 1 is 1.33 bits per heavy atom. The van der Waals surface area contributed by atoms with E-state index >= 15 is 0 Å². The Balaban J connectivity index is 2.43. The lowest BCUT2D eigenvalue weighted by atomic mass is 9.87. The van der Waals surface area contributed by atoms with Crippen molar-refractivity contribution in [1.82, 2.24) is 5.32 Å². The summed E-state index contributed by atoms with van der Waals surface area (Å²) in [6, 6.07) is 7.64. The van der Waals surface area contributed by atoms with Gasteiger partial charge >= 0.3 is 6.03 Å². The molecule has 0 fully saturated rings. The van der Waals surface area contributed by atoms with Crippen LogP contribution in [0.2, 0.25) is 0 Å². The first-order chi connectivity index (χ1) is 9.82. The van der Waals surface area contributed by atoms with Crippen molar-refractivity contribution in [1.29, 1.82) is 0 Å². The largest absolute Gasteiger partial charge is 0.393 e. The molecule has 1 aromatic rings. The average Bonchev–Trinajstić information content (AvgIpc) is 2.38. The van der Waals surface area contributed by atoms with Gasteiger partial charge in [-0.25, -0.2) is 4.79 Å². The molecule has 0 aliphatic rings. The van der Waals surface area contributed by atoms with E-state index in [-0.39, 0.29) is 17.6 Å². The van der Waals surface area contributed by atoms with E-state index in [0.29, 0.717) is 13.0 Å². The van der Waals surface area contributed by atoms with Gasteiger partial charge in [-0.3, -0.25) is 0 Å². The maximum atomic E-state index is 11.9. The first-order valence-corrected chi connectivity index (χ1v) is 8.52. The molecule has 0 bridgehead atoms. The van der Waals surface area contributed by atoms with Crippen LogP contribution in [0.25, 0.3) is 0 Å². The van der Waals surface area contributed by atoms with Crippen molar-refractivity contribution >= 4 is 23.5 Å². The third-order valence-electron chi connectivity index (χ3n) is 3.10. The topological polar surface area (TPSA) is 61.4 Å². The molecule has 1 atom stereocenters. The first kappa shape index (κ1) is 17.9. The van der Waals surface area contributed by atoms with E-state index < -0.39 is 0 Å². The number of nitrogens with one attached hydrogen (secondary N) is 2. The second-order valence-electron chi connectivity index (χ2n) is 6.15. The van der Waals surface area contributed by atoms with Crippen molar-refractivity contribution in [2.45, 2.75) is 39.0 Å². The lowest BCUT2D eigenvalue weighted by Gasteiger charge is -2.26. The minimum Gasteiger partial charge on any atom is -0.393 e. The molecule has 1 unspecified atom stereocenters. The Hall–Kier alpha value is -1.20. The van der Waals surface area contributed by atoms with Gasteiger partial charge in [0.1, 0.15) is 0 Å². The molecule has 1 rings (SSSR count). The van der Waals surface area contributed by atoms with Gasteiger partial charge in [-0.05, 0) is 42.7 Å². The molecule has 21 heavy (non-hydrogen) atoms. The van der Waals surface area contributed by atoms with E-state index in [2.05, 4.69) is 16.9 Å². The van der Waals surface area contributed by atoms with Crippen molar-refractivity contribution in [2.75, 3.05) is 18.1 Å². The Kier molecular flexibility index (Phi) is 7.05. The Labute approximate surface area is 131 Å². The fourth-order valence-corrected chi connectivity index (χ4v) is 2.74. The summed E-state index contributed by atoms with van der Waals surface area (Å²) in [4.78, 5) is 11.9. The molecule has 118 valence electrons. The molecule has 0 saturated heterocycles. The molecule has 0 radical (unpaired) electrons. The number of carbonyl (C=O) groups is 1. The van der Waals surface area contributed by atoms with Crippen LogP contribution in [0.15, 0.2) is 24.3 Å². The summed E-state index contributed by atoms with van der Waals surface area (Å²) in [5.41, 5.74) is 1.89. The van der Waals surface area contributed by atoms with Gasteiger partial charge in [0.15, 0.2) is 0 Å². The van der Waals surface area contributed by atoms with Gasteiger partial charge in [-0.1, -0.05) is 26.0 Å². The van der Waals surface area contributed by atoms with Gasteiger partial charge in [-0.15, -0.1) is 0 Å². The molecule has 2 amide bonds. The fourth-order valence-electron chi connectivity index (χ4n) is 2.22. The van der Waals surface area contributed by atoms with Gasteiger partial charge < -0.3 is 15.7 Å². The predicted octanol–water partition coefficient (Wildman–Crippen LogP) is 3.47. The molecule has 0 spiro atoms. The predicted molar refractivity (Wildman–Crippen MR) is 90.8 cm³/mol. The zero-order valence-electron chi connectivity index (χ0n) is 13.3. The highest BCUT2D eigenvalue weighted by Gasteiger charge is 2.21. The second-order valence-corrected chi connectivity index (χ2v) is 7.02. The number of carbonyl (C=O) groups excluding carboxylic acids is 1. The Bertz CT molecular complexity index is 444. The van der Waals surface area contributed by atoms with Gasteiger partial charge in [0.05, 0.1) is 6.10 Å². The summed E-state index contributed by atoms with van der Waals surface area (Å²) in [5.74, 6) is 0.972. The van der Waals surface area contributed by atoms with E-state index in [0.717, 1.165) is 11.4 Å². The second kappa shape index (κ2) is 8.29. The van der Waals surface area contributed by atoms with Crippen LogP contribution in [-0.4, -0.2) is 30.0 Å². The van der Waals surface area contributed by atoms with Gasteiger partial charge in [0.2, 0.25) is 0 Å². The number of aliphatic hydroxyl groups is 1. The van der Waals surface area contributed by atoms with Crippen LogP contribution < -0.4 is 10.6 Å². The third kappa shape index (κ3) is 7.39. The highest BCUT2D eigenvalue weighted by molar-refractivity contribution is 7.97. The molecular weight excluding hydrogens is 284 g/mol. The SMILES string of the molecule is CSCc1ccc(NC(=O)NCC(C)(C)CC(C)O)cc1. The molecule has 4 nitrogen and oxygen atoms in total. The third-order valence-corrected chi connectivity index (χ3v) is 3.72. The molecule has 0 aliphatic heterocycles. The Morgan fingerprint density at radius 2 is 1.95 bits per heavy atom. The van der Waals surface area contributed by atoms with Crippen LogP contribution in [0, 0.1) is 5.41 Å². The monoisotopic (exact) mass is 310 g/mol. The van der Waals surface area contributed by atoms with Gasteiger partial charge in [0.25, 0.3) is 0 Å². The van der Waals surface area contributed by atoms with Crippen molar-refractivity contribution in [2.24, 2.45) is 5.41 Å². The summed E-state index contributed by atoms with van der Waals surface area (Å²) in [6.07, 6.45) is 2.35. The van der Waals surface area contributed by atoms with Crippen LogP contribution in [-0.2, 0) is 5.75 Å². The number of hydrogen-bond donors (Lipinski definition) is 3. The number of anilines is 1. The highest BCUT2D eigenvalue weighted by atomic mass is 32.2. The summed E-state index contributed by atoms with van der Waals surface area (Å²) >= 11 is 1.77. The molecule has 0 saturated carbocycles. The number of thioether (sulfide) groups is 1. The highest BCUT2D eigenvalue weighted by Crippen LogP contribution is 2.21. The summed E-state index contributed by atoms with van der Waals surface area (Å²) in [6.45, 7) is 6.33. The maximum absolute atomic E-state index is 11.9. The summed E-state index contributed by atoms with van der Waals surface area (Å²) in [7, 11) is 0. The normalized spacial score (nSPS) is 12.8. The smallest absolute Gasteiger partial charge is 0.319 e. The first-order valence-electron chi connectivity index (χ1n) is 7.13. The molecular formula is C16H26N2O2S. The van der Waals surface area contributed by atoms with Crippen molar-refractivity contribution in [3.63, 3.8) is 0 Å². The molecule has 3 N–H and O–H groups in total. The minimum atomic E-state index is -0.367. The lowest BCUT2D eigenvalue weighted by molar-refractivity contribution is 0.129.